The lowest BCUT2D eigenvalue weighted by Gasteiger charge is -2.13. The number of benzene rings is 2. The van der Waals surface area contributed by atoms with Crippen LogP contribution in [-0.2, 0) is 4.79 Å². The molecule has 0 bridgehead atoms. The van der Waals surface area contributed by atoms with Crippen LogP contribution in [-0.4, -0.2) is 27.4 Å². The SMILES string of the molecule is CC1=NN(c2cccc([N+](=O)[O-])c2)C(=O)/C1=C(/C)NNC(=O)c1cccc([N+](=O)[O-])c1. The third kappa shape index (κ3) is 4.37. The molecule has 0 saturated heterocycles. The lowest BCUT2D eigenvalue weighted by molar-refractivity contribution is -0.385. The highest BCUT2D eigenvalue weighted by atomic mass is 16.6. The summed E-state index contributed by atoms with van der Waals surface area (Å²) in [5.74, 6) is -1.17. The minimum Gasteiger partial charge on any atom is -0.302 e. The number of carbonyl (C=O) groups excluding carboxylic acids is 2. The molecule has 1 aliphatic heterocycles. The molecule has 2 aromatic rings. The standard InChI is InChI=1S/C19H16N6O6/c1-11(20-21-18(26)13-5-3-7-15(9-13)24(28)29)17-12(2)22-23(19(17)27)14-6-4-8-16(10-14)25(30)31/h3-10,20H,1-2H3,(H,21,26)/b17-11-. The predicted molar refractivity (Wildman–Crippen MR) is 110 cm³/mol. The van der Waals surface area contributed by atoms with E-state index in [-0.39, 0.29) is 33.9 Å². The molecule has 0 unspecified atom stereocenters. The number of hydrazone groups is 1. The Kier molecular flexibility index (Phi) is 5.72. The van der Waals surface area contributed by atoms with Gasteiger partial charge in [-0.15, -0.1) is 0 Å². The zero-order valence-electron chi connectivity index (χ0n) is 16.4. The van der Waals surface area contributed by atoms with E-state index in [0.29, 0.717) is 5.71 Å². The van der Waals surface area contributed by atoms with Crippen molar-refractivity contribution in [1.82, 2.24) is 10.9 Å². The number of allylic oxidation sites excluding steroid dienone is 1. The lowest BCUT2D eigenvalue weighted by Crippen LogP contribution is -2.37. The molecular formula is C19H16N6O6. The number of hydrogen-bond donors (Lipinski definition) is 2. The lowest BCUT2D eigenvalue weighted by atomic mass is 10.1. The number of nitrogens with zero attached hydrogens (tertiary/aromatic N) is 4. The van der Waals surface area contributed by atoms with Crippen molar-refractivity contribution < 1.29 is 19.4 Å². The molecule has 1 aliphatic rings. The van der Waals surface area contributed by atoms with Crippen LogP contribution in [0.15, 0.2) is 64.9 Å². The van der Waals surface area contributed by atoms with Gasteiger partial charge in [0.25, 0.3) is 23.2 Å². The molecule has 0 fully saturated rings. The predicted octanol–water partition coefficient (Wildman–Crippen LogP) is 2.43. The smallest absolute Gasteiger partial charge is 0.282 e. The van der Waals surface area contributed by atoms with Gasteiger partial charge in [0.05, 0.1) is 26.8 Å². The molecule has 0 saturated carbocycles. The number of nitrogens with one attached hydrogen (secondary N) is 2. The van der Waals surface area contributed by atoms with E-state index in [0.717, 1.165) is 11.1 Å². The largest absolute Gasteiger partial charge is 0.302 e. The molecule has 31 heavy (non-hydrogen) atoms. The fourth-order valence-corrected chi connectivity index (χ4v) is 2.90. The molecular weight excluding hydrogens is 408 g/mol. The van der Waals surface area contributed by atoms with Gasteiger partial charge in [0.1, 0.15) is 0 Å². The first kappa shape index (κ1) is 21.1. The van der Waals surface area contributed by atoms with Crippen LogP contribution in [0.5, 0.6) is 0 Å². The van der Waals surface area contributed by atoms with E-state index in [1.165, 1.54) is 49.4 Å². The van der Waals surface area contributed by atoms with Gasteiger partial charge >= 0.3 is 0 Å². The van der Waals surface area contributed by atoms with Gasteiger partial charge in [0, 0.05) is 35.5 Å². The number of hydrogen-bond acceptors (Lipinski definition) is 8. The molecule has 12 heteroatoms. The fraction of sp³-hybridized carbons (Fsp3) is 0.105. The minimum atomic E-state index is -0.640. The van der Waals surface area contributed by atoms with Crippen molar-refractivity contribution in [1.29, 1.82) is 0 Å². The second kappa shape index (κ2) is 8.41. The van der Waals surface area contributed by atoms with Crippen molar-refractivity contribution in [2.75, 3.05) is 5.01 Å². The first-order valence-corrected chi connectivity index (χ1v) is 8.85. The Morgan fingerprint density at radius 3 is 2.26 bits per heavy atom. The molecule has 2 N–H and O–H groups in total. The summed E-state index contributed by atoms with van der Waals surface area (Å²) in [6, 6.07) is 10.7. The van der Waals surface area contributed by atoms with Crippen LogP contribution in [0, 0.1) is 20.2 Å². The zero-order chi connectivity index (χ0) is 22.7. The van der Waals surface area contributed by atoms with E-state index in [2.05, 4.69) is 16.0 Å². The Balaban J connectivity index is 1.77. The molecule has 0 spiro atoms. The number of hydrazine groups is 1. The highest BCUT2D eigenvalue weighted by molar-refractivity contribution is 6.30. The Bertz CT molecular complexity index is 1170. The van der Waals surface area contributed by atoms with Gasteiger partial charge < -0.3 is 5.43 Å². The van der Waals surface area contributed by atoms with Crippen LogP contribution in [0.3, 0.4) is 0 Å². The highest BCUT2D eigenvalue weighted by Gasteiger charge is 2.31. The molecule has 0 radical (unpaired) electrons. The van der Waals surface area contributed by atoms with Crippen LogP contribution in [0.1, 0.15) is 24.2 Å². The number of non-ortho nitro benzene ring substituents is 2. The van der Waals surface area contributed by atoms with Crippen LogP contribution in [0.2, 0.25) is 0 Å². The van der Waals surface area contributed by atoms with E-state index in [1.807, 2.05) is 0 Å². The molecule has 2 aromatic carbocycles. The quantitative estimate of drug-likeness (QED) is 0.409. The van der Waals surface area contributed by atoms with Crippen molar-refractivity contribution in [2.24, 2.45) is 5.10 Å². The topological polar surface area (TPSA) is 160 Å². The van der Waals surface area contributed by atoms with Gasteiger partial charge in [-0.1, -0.05) is 12.1 Å². The average Bonchev–Trinajstić information content (AvgIpc) is 3.05. The van der Waals surface area contributed by atoms with E-state index in [9.17, 15) is 29.8 Å². The third-order valence-corrected chi connectivity index (χ3v) is 4.36. The average molecular weight is 424 g/mol. The van der Waals surface area contributed by atoms with Crippen LogP contribution in [0.4, 0.5) is 17.1 Å². The van der Waals surface area contributed by atoms with Crippen molar-refractivity contribution in [2.45, 2.75) is 13.8 Å². The molecule has 158 valence electrons. The first-order valence-electron chi connectivity index (χ1n) is 8.85. The van der Waals surface area contributed by atoms with Gasteiger partial charge in [0.15, 0.2) is 0 Å². The second-order valence-corrected chi connectivity index (χ2v) is 6.47. The van der Waals surface area contributed by atoms with Crippen molar-refractivity contribution in [3.8, 4) is 0 Å². The minimum absolute atomic E-state index is 0.0564. The van der Waals surface area contributed by atoms with Crippen LogP contribution in [0.25, 0.3) is 0 Å². The third-order valence-electron chi connectivity index (χ3n) is 4.36. The molecule has 12 nitrogen and oxygen atoms in total. The highest BCUT2D eigenvalue weighted by Crippen LogP contribution is 2.27. The van der Waals surface area contributed by atoms with E-state index >= 15 is 0 Å². The Hall–Kier alpha value is -4.61. The van der Waals surface area contributed by atoms with Crippen molar-refractivity contribution >= 4 is 34.6 Å². The number of amides is 2. The van der Waals surface area contributed by atoms with Gasteiger partial charge in [-0.05, 0) is 26.0 Å². The first-order chi connectivity index (χ1) is 14.7. The Morgan fingerprint density at radius 2 is 1.61 bits per heavy atom. The normalized spacial score (nSPS) is 14.7. The number of rotatable bonds is 6. The van der Waals surface area contributed by atoms with Crippen molar-refractivity contribution in [3.63, 3.8) is 0 Å². The van der Waals surface area contributed by atoms with Gasteiger partial charge in [0.2, 0.25) is 0 Å². The summed E-state index contributed by atoms with van der Waals surface area (Å²) in [6.07, 6.45) is 0. The van der Waals surface area contributed by atoms with Gasteiger partial charge in [-0.2, -0.15) is 10.1 Å². The summed E-state index contributed by atoms with van der Waals surface area (Å²) >= 11 is 0. The number of anilines is 1. The summed E-state index contributed by atoms with van der Waals surface area (Å²) in [5.41, 5.74) is 5.63. The van der Waals surface area contributed by atoms with Crippen molar-refractivity contribution in [3.05, 3.63) is 85.6 Å². The summed E-state index contributed by atoms with van der Waals surface area (Å²) in [7, 11) is 0. The maximum absolute atomic E-state index is 12.8. The molecule has 0 aromatic heterocycles. The maximum Gasteiger partial charge on any atom is 0.282 e. The zero-order valence-corrected chi connectivity index (χ0v) is 16.4. The van der Waals surface area contributed by atoms with Gasteiger partial charge in [-0.3, -0.25) is 35.2 Å². The van der Waals surface area contributed by atoms with E-state index in [4.69, 9.17) is 0 Å². The molecule has 1 heterocycles. The second-order valence-electron chi connectivity index (χ2n) is 6.47. The monoisotopic (exact) mass is 424 g/mol. The van der Waals surface area contributed by atoms with Crippen LogP contribution < -0.4 is 15.9 Å². The summed E-state index contributed by atoms with van der Waals surface area (Å²) < 4.78 is 0. The fourth-order valence-electron chi connectivity index (χ4n) is 2.90. The molecule has 0 aliphatic carbocycles. The van der Waals surface area contributed by atoms with E-state index in [1.54, 1.807) is 6.92 Å². The molecule has 3 rings (SSSR count). The Labute approximate surface area is 175 Å². The summed E-state index contributed by atoms with van der Waals surface area (Å²) in [4.78, 5) is 45.8. The number of carbonyl (C=O) groups is 2. The molecule has 2 amide bonds. The Morgan fingerprint density at radius 1 is 1.00 bits per heavy atom. The number of nitro groups is 2. The number of nitro benzene ring substituents is 2. The van der Waals surface area contributed by atoms with Gasteiger partial charge in [-0.25, -0.2) is 0 Å². The van der Waals surface area contributed by atoms with E-state index < -0.39 is 21.7 Å². The summed E-state index contributed by atoms with van der Waals surface area (Å²) in [6.45, 7) is 3.12. The van der Waals surface area contributed by atoms with Crippen LogP contribution >= 0.6 is 0 Å². The molecule has 0 atom stereocenters. The summed E-state index contributed by atoms with van der Waals surface area (Å²) in [5, 5.41) is 27.0. The maximum atomic E-state index is 12.8.